The van der Waals surface area contributed by atoms with E-state index >= 15 is 0 Å². The summed E-state index contributed by atoms with van der Waals surface area (Å²) in [5.41, 5.74) is 1.81. The van der Waals surface area contributed by atoms with Gasteiger partial charge in [-0.05, 0) is 19.9 Å². The Morgan fingerprint density at radius 1 is 1.25 bits per heavy atom. The molecule has 0 N–H and O–H groups in total. The lowest BCUT2D eigenvalue weighted by Crippen LogP contribution is -2.34. The largest absolute Gasteiger partial charge is 0.340 e. The zero-order chi connectivity index (χ0) is 17.5. The van der Waals surface area contributed by atoms with Crippen LogP contribution in [-0.4, -0.2) is 49.2 Å². The van der Waals surface area contributed by atoms with Gasteiger partial charge in [0.05, 0.1) is 30.7 Å². The molecule has 0 aliphatic rings. The van der Waals surface area contributed by atoms with Gasteiger partial charge in [-0.3, -0.25) is 9.20 Å². The molecule has 0 radical (unpaired) electrons. The van der Waals surface area contributed by atoms with Crippen molar-refractivity contribution in [3.8, 4) is 12.1 Å². The Morgan fingerprint density at radius 2 is 1.92 bits per heavy atom. The average molecular weight is 343 g/mol. The fraction of sp³-hybridized carbons (Fsp3) is 0.467. The number of carbonyl (C=O) groups is 1. The van der Waals surface area contributed by atoms with Crippen LogP contribution in [0.4, 0.5) is 0 Å². The second-order valence-electron chi connectivity index (χ2n) is 5.14. The summed E-state index contributed by atoms with van der Waals surface area (Å²) in [7, 11) is 0. The molecule has 0 saturated heterocycles. The lowest BCUT2D eigenvalue weighted by molar-refractivity contribution is -0.128. The Hall–Kier alpha value is -2.65. The van der Waals surface area contributed by atoms with Crippen molar-refractivity contribution in [1.82, 2.24) is 24.5 Å². The molecular formula is C15H17N7OS. The minimum atomic E-state index is -0.125. The van der Waals surface area contributed by atoms with Crippen molar-refractivity contribution in [2.75, 3.05) is 18.8 Å². The standard InChI is InChI=1S/C15H17N7OS/c1-11-9-12(2)22-14(18-11)19-20-15(22)24-10-13(23)21(7-3-5-16)8-4-6-17/h9H,3-4,7-8,10H2,1-2H3. The molecule has 0 fully saturated rings. The number of aromatic nitrogens is 4. The van der Waals surface area contributed by atoms with E-state index in [1.807, 2.05) is 32.1 Å². The van der Waals surface area contributed by atoms with E-state index in [2.05, 4.69) is 15.2 Å². The van der Waals surface area contributed by atoms with Gasteiger partial charge in [0.2, 0.25) is 5.91 Å². The second-order valence-corrected chi connectivity index (χ2v) is 6.09. The van der Waals surface area contributed by atoms with Crippen molar-refractivity contribution < 1.29 is 4.79 Å². The maximum Gasteiger partial charge on any atom is 0.256 e. The van der Waals surface area contributed by atoms with Crippen molar-refractivity contribution in [2.45, 2.75) is 31.8 Å². The summed E-state index contributed by atoms with van der Waals surface area (Å²) in [6.07, 6.45) is 0.496. The zero-order valence-electron chi connectivity index (χ0n) is 13.6. The van der Waals surface area contributed by atoms with Gasteiger partial charge in [-0.2, -0.15) is 10.5 Å². The number of nitrogens with zero attached hydrogens (tertiary/aromatic N) is 7. The van der Waals surface area contributed by atoms with E-state index in [1.165, 1.54) is 16.7 Å². The predicted octanol–water partition coefficient (Wildman–Crippen LogP) is 1.49. The monoisotopic (exact) mass is 343 g/mol. The number of thioether (sulfide) groups is 1. The molecule has 0 aromatic carbocycles. The molecule has 0 spiro atoms. The first-order valence-electron chi connectivity index (χ1n) is 7.40. The highest BCUT2D eigenvalue weighted by atomic mass is 32.2. The maximum atomic E-state index is 12.3. The number of carbonyl (C=O) groups excluding carboxylic acids is 1. The fourth-order valence-corrected chi connectivity index (χ4v) is 3.13. The molecule has 0 unspecified atom stereocenters. The smallest absolute Gasteiger partial charge is 0.256 e. The normalized spacial score (nSPS) is 10.3. The summed E-state index contributed by atoms with van der Waals surface area (Å²) in [5.74, 6) is 0.554. The van der Waals surface area contributed by atoms with E-state index in [0.29, 0.717) is 24.0 Å². The molecule has 2 heterocycles. The second kappa shape index (κ2) is 8.27. The first-order chi connectivity index (χ1) is 11.6. The minimum absolute atomic E-state index is 0.125. The third-order valence-electron chi connectivity index (χ3n) is 3.33. The molecule has 0 aliphatic heterocycles. The SMILES string of the molecule is Cc1cc(C)n2c(SCC(=O)N(CCC#N)CCC#N)nnc2n1. The van der Waals surface area contributed by atoms with Crippen LogP contribution in [0.15, 0.2) is 11.2 Å². The summed E-state index contributed by atoms with van der Waals surface area (Å²) < 4.78 is 1.81. The lowest BCUT2D eigenvalue weighted by Gasteiger charge is -2.19. The Bertz CT molecular complexity index is 800. The molecular weight excluding hydrogens is 326 g/mol. The maximum absolute atomic E-state index is 12.3. The molecule has 0 saturated carbocycles. The lowest BCUT2D eigenvalue weighted by atomic mass is 10.3. The number of amides is 1. The van der Waals surface area contributed by atoms with Crippen LogP contribution in [0.3, 0.4) is 0 Å². The van der Waals surface area contributed by atoms with Crippen molar-refractivity contribution in [1.29, 1.82) is 10.5 Å². The number of rotatable bonds is 7. The molecule has 0 bridgehead atoms. The number of fused-ring (bicyclic) bond motifs is 1. The van der Waals surface area contributed by atoms with Gasteiger partial charge in [0.25, 0.3) is 5.78 Å². The first-order valence-corrected chi connectivity index (χ1v) is 8.39. The zero-order valence-corrected chi connectivity index (χ0v) is 14.4. The average Bonchev–Trinajstić information content (AvgIpc) is 2.96. The third-order valence-corrected chi connectivity index (χ3v) is 4.24. The minimum Gasteiger partial charge on any atom is -0.340 e. The van der Waals surface area contributed by atoms with Gasteiger partial charge in [-0.15, -0.1) is 10.2 Å². The van der Waals surface area contributed by atoms with Crippen molar-refractivity contribution >= 4 is 23.4 Å². The van der Waals surface area contributed by atoms with Crippen LogP contribution in [0.25, 0.3) is 5.78 Å². The van der Waals surface area contributed by atoms with E-state index < -0.39 is 0 Å². The summed E-state index contributed by atoms with van der Waals surface area (Å²) in [5, 5.41) is 26.1. The number of hydrogen-bond donors (Lipinski definition) is 0. The van der Waals surface area contributed by atoms with Crippen LogP contribution in [0, 0.1) is 36.5 Å². The van der Waals surface area contributed by atoms with Crippen molar-refractivity contribution in [3.63, 3.8) is 0 Å². The molecule has 9 heteroatoms. The first kappa shape index (κ1) is 17.7. The molecule has 1 amide bonds. The summed E-state index contributed by atoms with van der Waals surface area (Å²) in [6.45, 7) is 4.49. The van der Waals surface area contributed by atoms with Crippen LogP contribution < -0.4 is 0 Å². The van der Waals surface area contributed by atoms with E-state index in [9.17, 15) is 4.79 Å². The highest BCUT2D eigenvalue weighted by Gasteiger charge is 2.16. The number of aryl methyl sites for hydroxylation is 2. The van der Waals surface area contributed by atoms with Crippen LogP contribution in [0.1, 0.15) is 24.2 Å². The molecule has 8 nitrogen and oxygen atoms in total. The Kier molecular flexibility index (Phi) is 6.10. The quantitative estimate of drug-likeness (QED) is 0.700. The van der Waals surface area contributed by atoms with E-state index in [1.54, 1.807) is 4.40 Å². The van der Waals surface area contributed by atoms with Gasteiger partial charge in [-0.25, -0.2) is 4.98 Å². The highest BCUT2D eigenvalue weighted by Crippen LogP contribution is 2.19. The Balaban J connectivity index is 2.07. The predicted molar refractivity (Wildman–Crippen MR) is 88.0 cm³/mol. The van der Waals surface area contributed by atoms with E-state index in [0.717, 1.165) is 11.4 Å². The highest BCUT2D eigenvalue weighted by molar-refractivity contribution is 7.99. The van der Waals surface area contributed by atoms with Gasteiger partial charge in [0, 0.05) is 24.5 Å². The topological polar surface area (TPSA) is 111 Å². The summed E-state index contributed by atoms with van der Waals surface area (Å²) in [6, 6.07) is 5.96. The van der Waals surface area contributed by atoms with Gasteiger partial charge in [-0.1, -0.05) is 11.8 Å². The van der Waals surface area contributed by atoms with E-state index in [4.69, 9.17) is 10.5 Å². The number of nitriles is 2. The molecule has 0 aliphatic carbocycles. The third kappa shape index (κ3) is 4.21. The fourth-order valence-electron chi connectivity index (χ4n) is 2.24. The molecule has 24 heavy (non-hydrogen) atoms. The molecule has 2 rings (SSSR count). The molecule has 2 aromatic heterocycles. The summed E-state index contributed by atoms with van der Waals surface area (Å²) in [4.78, 5) is 18.2. The Labute approximate surface area is 144 Å². The van der Waals surface area contributed by atoms with Crippen LogP contribution in [0.5, 0.6) is 0 Å². The van der Waals surface area contributed by atoms with Crippen LogP contribution >= 0.6 is 11.8 Å². The van der Waals surface area contributed by atoms with E-state index in [-0.39, 0.29) is 24.5 Å². The van der Waals surface area contributed by atoms with Crippen LogP contribution in [0.2, 0.25) is 0 Å². The van der Waals surface area contributed by atoms with Gasteiger partial charge < -0.3 is 4.90 Å². The number of hydrogen-bond acceptors (Lipinski definition) is 7. The Morgan fingerprint density at radius 3 is 2.54 bits per heavy atom. The van der Waals surface area contributed by atoms with Gasteiger partial charge >= 0.3 is 0 Å². The van der Waals surface area contributed by atoms with Crippen LogP contribution in [-0.2, 0) is 4.79 Å². The molecule has 124 valence electrons. The van der Waals surface area contributed by atoms with Gasteiger partial charge in [0.1, 0.15) is 0 Å². The molecule has 2 aromatic rings. The van der Waals surface area contributed by atoms with Crippen molar-refractivity contribution in [2.24, 2.45) is 0 Å². The molecule has 0 atom stereocenters. The summed E-state index contributed by atoms with van der Waals surface area (Å²) >= 11 is 1.27. The van der Waals surface area contributed by atoms with Crippen molar-refractivity contribution in [3.05, 3.63) is 17.5 Å². The van der Waals surface area contributed by atoms with Gasteiger partial charge in [0.15, 0.2) is 5.16 Å².